The van der Waals surface area contributed by atoms with Gasteiger partial charge in [0.05, 0.1) is 10.2 Å². The number of halogens is 2. The number of carbonyl (C=O) groups is 1. The largest absolute Gasteiger partial charge is 0.484 e. The van der Waals surface area contributed by atoms with Crippen molar-refractivity contribution in [2.45, 2.75) is 0 Å². The van der Waals surface area contributed by atoms with Crippen LogP contribution in [-0.4, -0.2) is 17.5 Å². The maximum absolute atomic E-state index is 11.8. The standard InChI is InChI=1S/C15H12N2O2S.2ClH/c18-14(10-19-11-6-2-1-3-7-11)17-15-16-12-8-4-5-9-13(12)20-15;;/h1-9H,10H2,(H,16,17,18);2*1H. The highest BCUT2D eigenvalue weighted by Gasteiger charge is 2.08. The van der Waals surface area contributed by atoms with Crippen molar-refractivity contribution in [3.8, 4) is 5.75 Å². The van der Waals surface area contributed by atoms with Crippen LogP contribution in [0.25, 0.3) is 10.2 Å². The van der Waals surface area contributed by atoms with Gasteiger partial charge in [-0.3, -0.25) is 10.1 Å². The first kappa shape index (κ1) is 18.2. The summed E-state index contributed by atoms with van der Waals surface area (Å²) in [4.78, 5) is 16.1. The number of hydrogen-bond acceptors (Lipinski definition) is 4. The zero-order valence-electron chi connectivity index (χ0n) is 11.4. The van der Waals surface area contributed by atoms with Gasteiger partial charge < -0.3 is 4.74 Å². The fourth-order valence-electron chi connectivity index (χ4n) is 1.75. The van der Waals surface area contributed by atoms with Gasteiger partial charge in [0, 0.05) is 0 Å². The molecule has 3 rings (SSSR count). The Balaban J connectivity index is 0.00000121. The molecule has 4 nitrogen and oxygen atoms in total. The minimum Gasteiger partial charge on any atom is -0.484 e. The van der Waals surface area contributed by atoms with Crippen LogP contribution in [0.1, 0.15) is 0 Å². The second-order valence-corrected chi connectivity index (χ2v) is 5.17. The van der Waals surface area contributed by atoms with Crippen LogP contribution < -0.4 is 10.1 Å². The highest BCUT2D eigenvalue weighted by Crippen LogP contribution is 2.25. The van der Waals surface area contributed by atoms with Gasteiger partial charge in [0.15, 0.2) is 11.7 Å². The van der Waals surface area contributed by atoms with E-state index < -0.39 is 0 Å². The summed E-state index contributed by atoms with van der Waals surface area (Å²) in [5.41, 5.74) is 0.886. The van der Waals surface area contributed by atoms with E-state index in [1.54, 1.807) is 0 Å². The predicted molar refractivity (Wildman–Crippen MR) is 94.7 cm³/mol. The number of amides is 1. The van der Waals surface area contributed by atoms with Crippen LogP contribution in [0.5, 0.6) is 5.75 Å². The molecule has 0 aliphatic heterocycles. The van der Waals surface area contributed by atoms with E-state index in [0.717, 1.165) is 10.2 Å². The van der Waals surface area contributed by atoms with Crippen LogP contribution >= 0.6 is 36.2 Å². The average Bonchev–Trinajstić information content (AvgIpc) is 2.88. The Labute approximate surface area is 144 Å². The Kier molecular flexibility index (Phi) is 7.11. The van der Waals surface area contributed by atoms with Gasteiger partial charge in [-0.1, -0.05) is 41.7 Å². The van der Waals surface area contributed by atoms with Crippen molar-refractivity contribution in [1.29, 1.82) is 0 Å². The zero-order valence-corrected chi connectivity index (χ0v) is 13.8. The number of aromatic nitrogens is 1. The zero-order chi connectivity index (χ0) is 13.8. The fraction of sp³-hybridized carbons (Fsp3) is 0.0667. The molecule has 2 aromatic carbocycles. The quantitative estimate of drug-likeness (QED) is 0.763. The molecular formula is C15H14Cl2N2O2S. The second kappa shape index (κ2) is 8.58. The molecule has 7 heteroatoms. The summed E-state index contributed by atoms with van der Waals surface area (Å²) in [6.45, 7) is -0.0278. The molecule has 0 radical (unpaired) electrons. The summed E-state index contributed by atoms with van der Waals surface area (Å²) in [5, 5.41) is 3.34. The summed E-state index contributed by atoms with van der Waals surface area (Å²) in [7, 11) is 0. The number of nitrogens with zero attached hydrogens (tertiary/aromatic N) is 1. The topological polar surface area (TPSA) is 51.2 Å². The summed E-state index contributed by atoms with van der Waals surface area (Å²) < 4.78 is 6.43. The van der Waals surface area contributed by atoms with Crippen molar-refractivity contribution in [2.24, 2.45) is 0 Å². The number of hydrogen-bond donors (Lipinski definition) is 1. The number of nitrogens with one attached hydrogen (secondary N) is 1. The number of para-hydroxylation sites is 2. The van der Waals surface area contributed by atoms with Gasteiger partial charge in [-0.2, -0.15) is 0 Å². The molecule has 0 aliphatic carbocycles. The Morgan fingerprint density at radius 3 is 2.45 bits per heavy atom. The van der Waals surface area contributed by atoms with Gasteiger partial charge in [0.2, 0.25) is 0 Å². The van der Waals surface area contributed by atoms with E-state index in [2.05, 4.69) is 10.3 Å². The van der Waals surface area contributed by atoms with Crippen molar-refractivity contribution in [3.05, 3.63) is 54.6 Å². The number of anilines is 1. The molecule has 0 aliphatic rings. The predicted octanol–water partition coefficient (Wildman–Crippen LogP) is 4.16. The third kappa shape index (κ3) is 4.59. The Bertz CT molecular complexity index is 702. The van der Waals surface area contributed by atoms with Gasteiger partial charge in [-0.25, -0.2) is 4.98 Å². The lowest BCUT2D eigenvalue weighted by atomic mass is 10.3. The lowest BCUT2D eigenvalue weighted by molar-refractivity contribution is -0.118. The van der Waals surface area contributed by atoms with Gasteiger partial charge in [-0.05, 0) is 24.3 Å². The molecule has 0 unspecified atom stereocenters. The summed E-state index contributed by atoms with van der Waals surface area (Å²) in [6.07, 6.45) is 0. The third-order valence-corrected chi connectivity index (χ3v) is 3.61. The number of carbonyl (C=O) groups excluding carboxylic acids is 1. The molecule has 3 aromatic rings. The first-order valence-corrected chi connectivity index (χ1v) is 6.96. The van der Waals surface area contributed by atoms with E-state index in [9.17, 15) is 4.79 Å². The molecule has 1 amide bonds. The van der Waals surface area contributed by atoms with Gasteiger partial charge in [0.1, 0.15) is 5.75 Å². The number of rotatable bonds is 4. The molecule has 1 heterocycles. The number of thiazole rings is 1. The molecule has 116 valence electrons. The Morgan fingerprint density at radius 2 is 1.73 bits per heavy atom. The summed E-state index contributed by atoms with van der Waals surface area (Å²) in [5.74, 6) is 0.458. The van der Waals surface area contributed by atoms with Crippen molar-refractivity contribution in [1.82, 2.24) is 4.98 Å². The minimum atomic E-state index is -0.215. The molecule has 0 saturated heterocycles. The molecule has 1 aromatic heterocycles. The van der Waals surface area contributed by atoms with E-state index in [1.165, 1.54) is 11.3 Å². The van der Waals surface area contributed by atoms with Gasteiger partial charge in [-0.15, -0.1) is 24.8 Å². The smallest absolute Gasteiger partial charge is 0.264 e. The summed E-state index contributed by atoms with van der Waals surface area (Å²) in [6, 6.07) is 17.0. The highest BCUT2D eigenvalue weighted by atomic mass is 35.5. The SMILES string of the molecule is Cl.Cl.O=C(COc1ccccc1)Nc1nc2ccccc2s1. The van der Waals surface area contributed by atoms with Crippen molar-refractivity contribution in [3.63, 3.8) is 0 Å². The van der Waals surface area contributed by atoms with E-state index in [1.807, 2.05) is 54.6 Å². The lowest BCUT2D eigenvalue weighted by Gasteiger charge is -2.04. The monoisotopic (exact) mass is 356 g/mol. The fourth-order valence-corrected chi connectivity index (χ4v) is 2.63. The van der Waals surface area contributed by atoms with Crippen molar-refractivity contribution in [2.75, 3.05) is 11.9 Å². The molecule has 0 bridgehead atoms. The number of benzene rings is 2. The van der Waals surface area contributed by atoms with Crippen LogP contribution in [0.2, 0.25) is 0 Å². The van der Waals surface area contributed by atoms with Crippen LogP contribution in [-0.2, 0) is 4.79 Å². The average molecular weight is 357 g/mol. The Hall–Kier alpha value is -1.82. The molecule has 0 atom stereocenters. The van der Waals surface area contributed by atoms with E-state index >= 15 is 0 Å². The molecular weight excluding hydrogens is 343 g/mol. The first-order chi connectivity index (χ1) is 9.81. The molecule has 0 saturated carbocycles. The van der Waals surface area contributed by atoms with Gasteiger partial charge in [0.25, 0.3) is 5.91 Å². The maximum Gasteiger partial charge on any atom is 0.264 e. The van der Waals surface area contributed by atoms with Crippen LogP contribution in [0.3, 0.4) is 0 Å². The maximum atomic E-state index is 11.8. The highest BCUT2D eigenvalue weighted by molar-refractivity contribution is 7.22. The molecule has 0 fully saturated rings. The number of fused-ring (bicyclic) bond motifs is 1. The Morgan fingerprint density at radius 1 is 1.05 bits per heavy atom. The van der Waals surface area contributed by atoms with Crippen molar-refractivity contribution >= 4 is 57.4 Å². The normalized spacial score (nSPS) is 9.45. The van der Waals surface area contributed by atoms with Gasteiger partial charge >= 0.3 is 0 Å². The van der Waals surface area contributed by atoms with Crippen LogP contribution in [0.15, 0.2) is 54.6 Å². The molecule has 0 spiro atoms. The first-order valence-electron chi connectivity index (χ1n) is 6.14. The number of ether oxygens (including phenoxy) is 1. The van der Waals surface area contributed by atoms with Crippen LogP contribution in [0, 0.1) is 0 Å². The van der Waals surface area contributed by atoms with Crippen LogP contribution in [0.4, 0.5) is 5.13 Å². The van der Waals surface area contributed by atoms with Crippen molar-refractivity contribution < 1.29 is 9.53 Å². The van der Waals surface area contributed by atoms with E-state index in [-0.39, 0.29) is 37.3 Å². The molecule has 22 heavy (non-hydrogen) atoms. The third-order valence-electron chi connectivity index (χ3n) is 2.65. The molecule has 1 N–H and O–H groups in total. The lowest BCUT2D eigenvalue weighted by Crippen LogP contribution is -2.19. The van der Waals surface area contributed by atoms with E-state index in [0.29, 0.717) is 10.9 Å². The van der Waals surface area contributed by atoms with E-state index in [4.69, 9.17) is 4.74 Å². The second-order valence-electron chi connectivity index (χ2n) is 4.14. The summed E-state index contributed by atoms with van der Waals surface area (Å²) >= 11 is 1.45. The minimum absolute atomic E-state index is 0.